The minimum atomic E-state index is 0. The maximum atomic E-state index is 12.6. The van der Waals surface area contributed by atoms with Crippen molar-refractivity contribution in [3.8, 4) is 0 Å². The van der Waals surface area contributed by atoms with Gasteiger partial charge in [0.05, 0.1) is 0 Å². The van der Waals surface area contributed by atoms with Gasteiger partial charge in [-0.05, 0) is 29.7 Å². The Bertz CT molecular complexity index is 313. The summed E-state index contributed by atoms with van der Waals surface area (Å²) in [6, 6.07) is 3.92. The molecule has 2 heterocycles. The van der Waals surface area contributed by atoms with E-state index in [9.17, 15) is 4.48 Å². The fourth-order valence-electron chi connectivity index (χ4n) is 1.47. The first kappa shape index (κ1) is 11.1. The number of rotatable bonds is 1. The zero-order valence-electron chi connectivity index (χ0n) is 7.69. The molecule has 0 aliphatic carbocycles. The van der Waals surface area contributed by atoms with E-state index in [1.807, 2.05) is 18.2 Å². The molecule has 0 saturated carbocycles. The number of halogens is 2. The highest BCUT2D eigenvalue weighted by Gasteiger charge is 2.11. The molecule has 1 aliphatic heterocycles. The second-order valence-electron chi connectivity index (χ2n) is 3.08. The Morgan fingerprint density at radius 2 is 2.00 bits per heavy atom. The predicted octanol–water partition coefficient (Wildman–Crippen LogP) is 2.48. The van der Waals surface area contributed by atoms with Gasteiger partial charge in [-0.1, -0.05) is 6.08 Å². The van der Waals surface area contributed by atoms with Crippen LogP contribution >= 0.6 is 12.4 Å². The fourth-order valence-corrected chi connectivity index (χ4v) is 1.47. The van der Waals surface area contributed by atoms with E-state index >= 15 is 0 Å². The van der Waals surface area contributed by atoms with Crippen LogP contribution in [0.1, 0.15) is 12.0 Å². The molecule has 0 N–H and O–H groups in total. The summed E-state index contributed by atoms with van der Waals surface area (Å²) in [6.07, 6.45) is 6.23. The molecule has 0 atom stereocenters. The van der Waals surface area contributed by atoms with E-state index in [2.05, 4.69) is 4.98 Å². The highest BCUT2D eigenvalue weighted by Crippen LogP contribution is 2.21. The van der Waals surface area contributed by atoms with E-state index in [4.69, 9.17) is 0 Å². The molecular weight excluding hydrogens is 203 g/mol. The Morgan fingerprint density at radius 3 is 2.57 bits per heavy atom. The molecule has 1 aliphatic rings. The van der Waals surface area contributed by atoms with Crippen molar-refractivity contribution < 1.29 is 4.48 Å². The van der Waals surface area contributed by atoms with Gasteiger partial charge in [-0.15, -0.1) is 22.0 Å². The summed E-state index contributed by atoms with van der Waals surface area (Å²) >= 11 is 0. The van der Waals surface area contributed by atoms with Gasteiger partial charge in [-0.3, -0.25) is 4.98 Å². The van der Waals surface area contributed by atoms with Crippen LogP contribution in [-0.2, 0) is 0 Å². The van der Waals surface area contributed by atoms with Crippen LogP contribution in [0.5, 0.6) is 0 Å². The third-order valence-corrected chi connectivity index (χ3v) is 2.21. The van der Waals surface area contributed by atoms with Crippen molar-refractivity contribution in [1.82, 2.24) is 10.1 Å². The van der Waals surface area contributed by atoms with Crippen LogP contribution < -0.4 is 0 Å². The van der Waals surface area contributed by atoms with Crippen molar-refractivity contribution >= 4 is 18.0 Å². The highest BCUT2D eigenvalue weighted by molar-refractivity contribution is 5.85. The van der Waals surface area contributed by atoms with Crippen LogP contribution in [0.3, 0.4) is 0 Å². The highest BCUT2D eigenvalue weighted by atomic mass is 35.5. The third-order valence-electron chi connectivity index (χ3n) is 2.21. The normalized spacial score (nSPS) is 17.1. The zero-order chi connectivity index (χ0) is 9.10. The van der Waals surface area contributed by atoms with Gasteiger partial charge in [0.1, 0.15) is 0 Å². The molecule has 0 aromatic carbocycles. The fraction of sp³-hybridized carbons (Fsp3) is 0.300. The molecule has 76 valence electrons. The van der Waals surface area contributed by atoms with Gasteiger partial charge in [0.25, 0.3) is 0 Å². The lowest BCUT2D eigenvalue weighted by molar-refractivity contribution is 0.0393. The van der Waals surface area contributed by atoms with Crippen LogP contribution in [-0.4, -0.2) is 23.2 Å². The summed E-state index contributed by atoms with van der Waals surface area (Å²) in [6.45, 7) is 0.895. The SMILES string of the molecule is Cl.FN1CC=C(c2ccncc2)CC1. The summed E-state index contributed by atoms with van der Waals surface area (Å²) in [5.41, 5.74) is 2.37. The molecule has 0 bridgehead atoms. The van der Waals surface area contributed by atoms with Crippen molar-refractivity contribution in [2.75, 3.05) is 13.1 Å². The maximum absolute atomic E-state index is 12.6. The van der Waals surface area contributed by atoms with Gasteiger partial charge in [0.2, 0.25) is 0 Å². The summed E-state index contributed by atoms with van der Waals surface area (Å²) in [5, 5.41) is 0.824. The average molecular weight is 215 g/mol. The molecule has 0 spiro atoms. The summed E-state index contributed by atoms with van der Waals surface area (Å²) in [4.78, 5) is 3.94. The van der Waals surface area contributed by atoms with Crippen molar-refractivity contribution in [3.63, 3.8) is 0 Å². The molecule has 1 aromatic rings. The molecule has 14 heavy (non-hydrogen) atoms. The average Bonchev–Trinajstić information content (AvgIpc) is 2.20. The number of aromatic nitrogens is 1. The number of pyridine rings is 1. The molecule has 4 heteroatoms. The Kier molecular flexibility index (Phi) is 4.04. The summed E-state index contributed by atoms with van der Waals surface area (Å²) in [5.74, 6) is 0. The van der Waals surface area contributed by atoms with E-state index in [0.717, 1.165) is 17.1 Å². The first-order chi connectivity index (χ1) is 6.36. The monoisotopic (exact) mass is 214 g/mol. The van der Waals surface area contributed by atoms with Crippen LogP contribution in [0.2, 0.25) is 0 Å². The van der Waals surface area contributed by atoms with E-state index in [0.29, 0.717) is 13.1 Å². The van der Waals surface area contributed by atoms with Gasteiger partial charge < -0.3 is 0 Å². The lowest BCUT2D eigenvalue weighted by Crippen LogP contribution is -2.19. The Hall–Kier alpha value is -0.930. The van der Waals surface area contributed by atoms with E-state index < -0.39 is 0 Å². The van der Waals surface area contributed by atoms with Crippen LogP contribution in [0.15, 0.2) is 30.6 Å². The Morgan fingerprint density at radius 1 is 1.29 bits per heavy atom. The van der Waals surface area contributed by atoms with Crippen LogP contribution in [0.4, 0.5) is 4.48 Å². The van der Waals surface area contributed by atoms with Gasteiger partial charge >= 0.3 is 0 Å². The minimum Gasteiger partial charge on any atom is -0.265 e. The molecule has 0 unspecified atom stereocenters. The smallest absolute Gasteiger partial charge is 0.0477 e. The third kappa shape index (κ3) is 2.53. The number of nitrogens with zero attached hydrogens (tertiary/aromatic N) is 2. The number of hydrogen-bond acceptors (Lipinski definition) is 2. The quantitative estimate of drug-likeness (QED) is 0.668. The maximum Gasteiger partial charge on any atom is 0.0477 e. The first-order valence-corrected chi connectivity index (χ1v) is 4.36. The lowest BCUT2D eigenvalue weighted by atomic mass is 10.0. The van der Waals surface area contributed by atoms with Gasteiger partial charge in [0, 0.05) is 25.5 Å². The molecule has 0 fully saturated rings. The van der Waals surface area contributed by atoms with E-state index in [1.54, 1.807) is 12.4 Å². The molecule has 2 rings (SSSR count). The van der Waals surface area contributed by atoms with Gasteiger partial charge in [-0.25, -0.2) is 0 Å². The standard InChI is InChI=1S/C10H11FN2.ClH/c11-13-7-3-10(4-8-13)9-1-5-12-6-2-9;/h1-3,5-6H,4,7-8H2;1H. The topological polar surface area (TPSA) is 16.1 Å². The molecule has 0 amide bonds. The van der Waals surface area contributed by atoms with E-state index in [1.165, 1.54) is 5.57 Å². The second-order valence-corrected chi connectivity index (χ2v) is 3.08. The van der Waals surface area contributed by atoms with Crippen LogP contribution in [0.25, 0.3) is 5.57 Å². The largest absolute Gasteiger partial charge is 0.265 e. The second kappa shape index (κ2) is 5.08. The lowest BCUT2D eigenvalue weighted by Gasteiger charge is -2.17. The van der Waals surface area contributed by atoms with Crippen molar-refractivity contribution in [2.45, 2.75) is 6.42 Å². The predicted molar refractivity (Wildman–Crippen MR) is 56.8 cm³/mol. The summed E-state index contributed by atoms with van der Waals surface area (Å²) < 4.78 is 12.6. The minimum absolute atomic E-state index is 0. The molecular formula is C10H12ClFN2. The van der Waals surface area contributed by atoms with Crippen molar-refractivity contribution in [2.24, 2.45) is 0 Å². The number of hydrogen-bond donors (Lipinski definition) is 0. The zero-order valence-corrected chi connectivity index (χ0v) is 8.51. The Labute approximate surface area is 88.8 Å². The Balaban J connectivity index is 0.000000980. The van der Waals surface area contributed by atoms with Gasteiger partial charge in [-0.2, -0.15) is 0 Å². The first-order valence-electron chi connectivity index (χ1n) is 4.36. The van der Waals surface area contributed by atoms with E-state index in [-0.39, 0.29) is 12.4 Å². The van der Waals surface area contributed by atoms with Crippen molar-refractivity contribution in [3.05, 3.63) is 36.2 Å². The molecule has 2 nitrogen and oxygen atoms in total. The molecule has 0 saturated heterocycles. The molecule has 0 radical (unpaired) electrons. The summed E-state index contributed by atoms with van der Waals surface area (Å²) in [7, 11) is 0. The molecule has 1 aromatic heterocycles. The van der Waals surface area contributed by atoms with Crippen molar-refractivity contribution in [1.29, 1.82) is 0 Å². The van der Waals surface area contributed by atoms with Crippen LogP contribution in [0, 0.1) is 0 Å². The van der Waals surface area contributed by atoms with Gasteiger partial charge in [0.15, 0.2) is 0 Å².